The quantitative estimate of drug-likeness (QED) is 0.775. The molecule has 26 heavy (non-hydrogen) atoms. The van der Waals surface area contributed by atoms with Gasteiger partial charge >= 0.3 is 0 Å². The van der Waals surface area contributed by atoms with Gasteiger partial charge in [-0.3, -0.25) is 4.79 Å². The number of benzene rings is 1. The normalized spacial score (nSPS) is 20.0. The molecule has 0 aromatic heterocycles. The Labute approximate surface area is 154 Å². The van der Waals surface area contributed by atoms with E-state index >= 15 is 0 Å². The molecule has 2 aliphatic rings. The topological polar surface area (TPSA) is 76.2 Å². The second-order valence-electron chi connectivity index (χ2n) is 6.52. The van der Waals surface area contributed by atoms with Crippen molar-refractivity contribution in [2.45, 2.75) is 37.4 Å². The first-order valence-corrected chi connectivity index (χ1v) is 10.5. The van der Waals surface area contributed by atoms with Gasteiger partial charge in [-0.2, -0.15) is 4.31 Å². The molecule has 0 atom stereocenters. The van der Waals surface area contributed by atoms with E-state index in [2.05, 4.69) is 0 Å². The lowest BCUT2D eigenvalue weighted by molar-refractivity contribution is -0.181. The summed E-state index contributed by atoms with van der Waals surface area (Å²) in [6.45, 7) is 6.64. The number of ether oxygens (including phenoxy) is 2. The van der Waals surface area contributed by atoms with Crippen LogP contribution in [-0.4, -0.2) is 68.7 Å². The third kappa shape index (κ3) is 3.64. The molecule has 1 spiro atoms. The first kappa shape index (κ1) is 19.3. The Kier molecular flexibility index (Phi) is 5.67. The number of carbonyl (C=O) groups is 1. The molecule has 0 unspecified atom stereocenters. The van der Waals surface area contributed by atoms with Crippen LogP contribution in [-0.2, 0) is 19.5 Å². The maximum absolute atomic E-state index is 12.8. The van der Waals surface area contributed by atoms with Crippen molar-refractivity contribution in [3.63, 3.8) is 0 Å². The first-order chi connectivity index (χ1) is 12.4. The van der Waals surface area contributed by atoms with Gasteiger partial charge in [0.25, 0.3) is 5.91 Å². The fourth-order valence-corrected chi connectivity index (χ4v) is 5.03. The number of piperidine rings is 1. The minimum absolute atomic E-state index is 0.156. The Morgan fingerprint density at radius 1 is 1.15 bits per heavy atom. The summed E-state index contributed by atoms with van der Waals surface area (Å²) in [6.07, 6.45) is 1.27. The van der Waals surface area contributed by atoms with Crippen molar-refractivity contribution < 1.29 is 22.7 Å². The third-order valence-corrected chi connectivity index (χ3v) is 7.10. The molecular weight excluding hydrogens is 356 g/mol. The summed E-state index contributed by atoms with van der Waals surface area (Å²) in [5.74, 6) is -0.695. The maximum atomic E-state index is 12.8. The second-order valence-corrected chi connectivity index (χ2v) is 8.45. The number of sulfonamides is 1. The van der Waals surface area contributed by atoms with E-state index in [9.17, 15) is 13.2 Å². The van der Waals surface area contributed by atoms with Crippen LogP contribution in [0.3, 0.4) is 0 Å². The van der Waals surface area contributed by atoms with E-state index in [-0.39, 0.29) is 10.8 Å². The molecule has 2 saturated heterocycles. The lowest BCUT2D eigenvalue weighted by Gasteiger charge is -2.37. The molecule has 2 heterocycles. The van der Waals surface area contributed by atoms with Crippen LogP contribution in [0.4, 0.5) is 0 Å². The van der Waals surface area contributed by atoms with Crippen molar-refractivity contribution in [1.82, 2.24) is 9.21 Å². The van der Waals surface area contributed by atoms with E-state index in [1.54, 1.807) is 30.9 Å². The van der Waals surface area contributed by atoms with Crippen molar-refractivity contribution in [3.05, 3.63) is 29.8 Å². The van der Waals surface area contributed by atoms with E-state index in [1.807, 2.05) is 0 Å². The van der Waals surface area contributed by atoms with Crippen LogP contribution in [0, 0.1) is 0 Å². The Morgan fingerprint density at radius 3 is 2.35 bits per heavy atom. The Bertz CT molecular complexity index is 745. The molecule has 0 N–H and O–H groups in total. The standard InChI is InChI=1S/C18H26N2O5S/c1-3-20(4-2)26(22,23)16-7-5-6-15(14-16)17(21)19-10-8-18(9-11-19)24-12-13-25-18/h5-7,14H,3-4,8-13H2,1-2H3. The van der Waals surface area contributed by atoms with Crippen LogP contribution in [0.5, 0.6) is 0 Å². The molecular formula is C18H26N2O5S. The summed E-state index contributed by atoms with van der Waals surface area (Å²) in [6, 6.07) is 6.30. The summed E-state index contributed by atoms with van der Waals surface area (Å²) in [7, 11) is -3.58. The van der Waals surface area contributed by atoms with E-state index in [1.165, 1.54) is 16.4 Å². The van der Waals surface area contributed by atoms with Crippen LogP contribution in [0.25, 0.3) is 0 Å². The van der Waals surface area contributed by atoms with Gasteiger partial charge in [-0.25, -0.2) is 8.42 Å². The molecule has 0 bridgehead atoms. The predicted octanol–water partition coefficient (Wildman–Crippen LogP) is 1.70. The number of rotatable bonds is 5. The minimum atomic E-state index is -3.58. The van der Waals surface area contributed by atoms with E-state index in [0.29, 0.717) is 57.8 Å². The fraction of sp³-hybridized carbons (Fsp3) is 0.611. The van der Waals surface area contributed by atoms with E-state index in [0.717, 1.165) is 0 Å². The van der Waals surface area contributed by atoms with Crippen LogP contribution in [0.2, 0.25) is 0 Å². The highest BCUT2D eigenvalue weighted by molar-refractivity contribution is 7.89. The Balaban J connectivity index is 1.75. The van der Waals surface area contributed by atoms with Gasteiger partial charge in [0.05, 0.1) is 18.1 Å². The average Bonchev–Trinajstić information content (AvgIpc) is 3.11. The number of nitrogens with zero attached hydrogens (tertiary/aromatic N) is 2. The van der Waals surface area contributed by atoms with Crippen molar-refractivity contribution in [2.24, 2.45) is 0 Å². The van der Waals surface area contributed by atoms with Gasteiger partial charge in [0, 0.05) is 44.6 Å². The van der Waals surface area contributed by atoms with Gasteiger partial charge in [0.15, 0.2) is 5.79 Å². The smallest absolute Gasteiger partial charge is 0.253 e. The SMILES string of the molecule is CCN(CC)S(=O)(=O)c1cccc(C(=O)N2CCC3(CC2)OCCO3)c1. The zero-order chi connectivity index (χ0) is 18.8. The third-order valence-electron chi connectivity index (χ3n) is 5.05. The molecule has 3 rings (SSSR count). The van der Waals surface area contributed by atoms with Gasteiger partial charge < -0.3 is 14.4 Å². The van der Waals surface area contributed by atoms with Crippen LogP contribution < -0.4 is 0 Å². The highest BCUT2D eigenvalue weighted by atomic mass is 32.2. The summed E-state index contributed by atoms with van der Waals surface area (Å²) in [5, 5.41) is 0. The largest absolute Gasteiger partial charge is 0.347 e. The molecule has 144 valence electrons. The lowest BCUT2D eigenvalue weighted by atomic mass is 10.0. The van der Waals surface area contributed by atoms with Crippen molar-refractivity contribution >= 4 is 15.9 Å². The monoisotopic (exact) mass is 382 g/mol. The van der Waals surface area contributed by atoms with E-state index < -0.39 is 15.8 Å². The zero-order valence-corrected chi connectivity index (χ0v) is 16.1. The van der Waals surface area contributed by atoms with Gasteiger partial charge in [0.1, 0.15) is 0 Å². The van der Waals surface area contributed by atoms with Crippen LogP contribution in [0.1, 0.15) is 37.0 Å². The van der Waals surface area contributed by atoms with Gasteiger partial charge in [0.2, 0.25) is 10.0 Å². The summed E-state index contributed by atoms with van der Waals surface area (Å²) < 4.78 is 38.1. The maximum Gasteiger partial charge on any atom is 0.253 e. The minimum Gasteiger partial charge on any atom is -0.347 e. The lowest BCUT2D eigenvalue weighted by Crippen LogP contribution is -2.47. The van der Waals surface area contributed by atoms with Crippen LogP contribution in [0.15, 0.2) is 29.2 Å². The highest BCUT2D eigenvalue weighted by Gasteiger charge is 2.41. The molecule has 0 aliphatic carbocycles. The fourth-order valence-electron chi connectivity index (χ4n) is 3.52. The second kappa shape index (κ2) is 7.64. The zero-order valence-electron chi connectivity index (χ0n) is 15.3. The van der Waals surface area contributed by atoms with Gasteiger partial charge in [-0.1, -0.05) is 19.9 Å². The Hall–Kier alpha value is -1.48. The molecule has 8 heteroatoms. The molecule has 1 aromatic carbocycles. The van der Waals surface area contributed by atoms with Crippen molar-refractivity contribution in [3.8, 4) is 0 Å². The van der Waals surface area contributed by atoms with Gasteiger partial charge in [-0.15, -0.1) is 0 Å². The summed E-state index contributed by atoms with van der Waals surface area (Å²) in [5.41, 5.74) is 0.391. The summed E-state index contributed by atoms with van der Waals surface area (Å²) >= 11 is 0. The highest BCUT2D eigenvalue weighted by Crippen LogP contribution is 2.31. The predicted molar refractivity (Wildman–Crippen MR) is 96.3 cm³/mol. The molecule has 1 amide bonds. The van der Waals surface area contributed by atoms with Crippen LogP contribution >= 0.6 is 0 Å². The number of likely N-dealkylation sites (tertiary alicyclic amines) is 1. The molecule has 7 nitrogen and oxygen atoms in total. The van der Waals surface area contributed by atoms with Crippen molar-refractivity contribution in [2.75, 3.05) is 39.4 Å². The number of hydrogen-bond donors (Lipinski definition) is 0. The van der Waals surface area contributed by atoms with E-state index in [4.69, 9.17) is 9.47 Å². The molecule has 2 fully saturated rings. The first-order valence-electron chi connectivity index (χ1n) is 9.09. The molecule has 0 saturated carbocycles. The molecule has 0 radical (unpaired) electrons. The van der Waals surface area contributed by atoms with Gasteiger partial charge in [-0.05, 0) is 18.2 Å². The molecule has 2 aliphatic heterocycles. The summed E-state index contributed by atoms with van der Waals surface area (Å²) in [4.78, 5) is 14.7. The number of hydrogen-bond acceptors (Lipinski definition) is 5. The average molecular weight is 382 g/mol. The van der Waals surface area contributed by atoms with Crippen molar-refractivity contribution in [1.29, 1.82) is 0 Å². The number of amides is 1. The molecule has 1 aromatic rings. The Morgan fingerprint density at radius 2 is 1.77 bits per heavy atom. The number of carbonyl (C=O) groups excluding carboxylic acids is 1.